The fourth-order valence-electron chi connectivity index (χ4n) is 3.14. The lowest BCUT2D eigenvalue weighted by molar-refractivity contribution is -0.140. The number of benzene rings is 1. The Kier molecular flexibility index (Phi) is 5.11. The van der Waals surface area contributed by atoms with Gasteiger partial charge in [-0.15, -0.1) is 0 Å². The number of pyridine rings is 1. The van der Waals surface area contributed by atoms with Gasteiger partial charge in [-0.05, 0) is 24.6 Å². The van der Waals surface area contributed by atoms with Gasteiger partial charge in [-0.1, -0.05) is 36.4 Å². The zero-order valence-electron chi connectivity index (χ0n) is 14.6. The van der Waals surface area contributed by atoms with Crippen LogP contribution in [0.5, 0.6) is 0 Å². The second kappa shape index (κ2) is 7.47. The summed E-state index contributed by atoms with van der Waals surface area (Å²) in [5.74, 6) is -0.699. The predicted molar refractivity (Wildman–Crippen MR) is 95.8 cm³/mol. The Morgan fingerprint density at radius 1 is 1.15 bits per heavy atom. The Morgan fingerprint density at radius 3 is 2.58 bits per heavy atom. The van der Waals surface area contributed by atoms with Gasteiger partial charge in [0.1, 0.15) is 0 Å². The van der Waals surface area contributed by atoms with Gasteiger partial charge in [0.05, 0.1) is 17.7 Å². The van der Waals surface area contributed by atoms with Crippen molar-refractivity contribution >= 4 is 17.7 Å². The SMILES string of the molecule is CC1(c2ccccc2)CC(=O)N(CCC(=O)NCc2ccccn2)C1=O. The average molecular weight is 351 g/mol. The van der Waals surface area contributed by atoms with Crippen LogP contribution in [0.4, 0.5) is 0 Å². The minimum Gasteiger partial charge on any atom is -0.350 e. The topological polar surface area (TPSA) is 79.4 Å². The molecule has 0 bridgehead atoms. The molecule has 1 unspecified atom stereocenters. The quantitative estimate of drug-likeness (QED) is 0.805. The zero-order valence-corrected chi connectivity index (χ0v) is 14.6. The van der Waals surface area contributed by atoms with Crippen molar-refractivity contribution in [1.29, 1.82) is 0 Å². The van der Waals surface area contributed by atoms with E-state index in [9.17, 15) is 14.4 Å². The molecule has 1 aliphatic rings. The lowest BCUT2D eigenvalue weighted by Gasteiger charge is -2.22. The molecule has 6 heteroatoms. The number of carbonyl (C=O) groups is 3. The molecule has 3 rings (SSSR count). The van der Waals surface area contributed by atoms with E-state index >= 15 is 0 Å². The summed E-state index contributed by atoms with van der Waals surface area (Å²) in [6, 6.07) is 14.8. The van der Waals surface area contributed by atoms with Crippen LogP contribution in [0.15, 0.2) is 54.7 Å². The summed E-state index contributed by atoms with van der Waals surface area (Å²) in [5.41, 5.74) is 0.717. The fourth-order valence-corrected chi connectivity index (χ4v) is 3.14. The molecule has 0 spiro atoms. The maximum atomic E-state index is 12.8. The van der Waals surface area contributed by atoms with Crippen LogP contribution in [0.2, 0.25) is 0 Å². The van der Waals surface area contributed by atoms with E-state index in [-0.39, 0.29) is 37.1 Å². The highest BCUT2D eigenvalue weighted by atomic mass is 16.2. The number of amides is 3. The molecule has 134 valence electrons. The van der Waals surface area contributed by atoms with Crippen molar-refractivity contribution < 1.29 is 14.4 Å². The molecular weight excluding hydrogens is 330 g/mol. The molecule has 1 aliphatic heterocycles. The summed E-state index contributed by atoms with van der Waals surface area (Å²) in [7, 11) is 0. The van der Waals surface area contributed by atoms with Gasteiger partial charge in [0.15, 0.2) is 0 Å². The van der Waals surface area contributed by atoms with Gasteiger partial charge >= 0.3 is 0 Å². The number of hydrogen-bond acceptors (Lipinski definition) is 4. The number of hydrogen-bond donors (Lipinski definition) is 1. The third kappa shape index (κ3) is 3.64. The van der Waals surface area contributed by atoms with Crippen molar-refractivity contribution in [3.63, 3.8) is 0 Å². The first-order valence-electron chi connectivity index (χ1n) is 8.57. The minimum atomic E-state index is -0.858. The van der Waals surface area contributed by atoms with Crippen LogP contribution in [0.25, 0.3) is 0 Å². The number of nitrogens with one attached hydrogen (secondary N) is 1. The molecule has 1 N–H and O–H groups in total. The highest BCUT2D eigenvalue weighted by Crippen LogP contribution is 2.36. The van der Waals surface area contributed by atoms with E-state index in [1.807, 2.05) is 42.5 Å². The molecule has 1 aromatic carbocycles. The summed E-state index contributed by atoms with van der Waals surface area (Å²) in [6.07, 6.45) is 1.87. The highest BCUT2D eigenvalue weighted by Gasteiger charge is 2.48. The number of carbonyl (C=O) groups excluding carboxylic acids is 3. The van der Waals surface area contributed by atoms with Crippen molar-refractivity contribution in [3.8, 4) is 0 Å². The molecule has 2 heterocycles. The van der Waals surface area contributed by atoms with Gasteiger partial charge in [-0.2, -0.15) is 0 Å². The third-order valence-electron chi connectivity index (χ3n) is 4.69. The van der Waals surface area contributed by atoms with E-state index < -0.39 is 5.41 Å². The number of imide groups is 1. The molecule has 0 radical (unpaired) electrons. The van der Waals surface area contributed by atoms with E-state index in [2.05, 4.69) is 10.3 Å². The van der Waals surface area contributed by atoms with Gasteiger partial charge < -0.3 is 5.32 Å². The lowest BCUT2D eigenvalue weighted by atomic mass is 9.81. The molecule has 0 aliphatic carbocycles. The molecule has 1 atom stereocenters. The Morgan fingerprint density at radius 2 is 1.88 bits per heavy atom. The number of likely N-dealkylation sites (tertiary alicyclic amines) is 1. The maximum Gasteiger partial charge on any atom is 0.240 e. The first-order valence-corrected chi connectivity index (χ1v) is 8.57. The number of rotatable bonds is 6. The lowest BCUT2D eigenvalue weighted by Crippen LogP contribution is -2.38. The molecule has 0 saturated carbocycles. The van der Waals surface area contributed by atoms with Gasteiger partial charge in [-0.25, -0.2) is 0 Å². The van der Waals surface area contributed by atoms with Crippen molar-refractivity contribution in [3.05, 3.63) is 66.0 Å². The summed E-state index contributed by atoms with van der Waals surface area (Å²) in [6.45, 7) is 2.20. The fraction of sp³-hybridized carbons (Fsp3) is 0.300. The molecule has 26 heavy (non-hydrogen) atoms. The first kappa shape index (κ1) is 17.8. The van der Waals surface area contributed by atoms with Gasteiger partial charge in [-0.3, -0.25) is 24.3 Å². The smallest absolute Gasteiger partial charge is 0.240 e. The molecule has 1 fully saturated rings. The first-order chi connectivity index (χ1) is 12.5. The summed E-state index contributed by atoms with van der Waals surface area (Å²) < 4.78 is 0. The summed E-state index contributed by atoms with van der Waals surface area (Å²) in [5, 5.41) is 2.75. The van der Waals surface area contributed by atoms with Crippen molar-refractivity contribution in [1.82, 2.24) is 15.2 Å². The van der Waals surface area contributed by atoms with Gasteiger partial charge in [0.2, 0.25) is 17.7 Å². The van der Waals surface area contributed by atoms with Crippen LogP contribution >= 0.6 is 0 Å². The Hall–Kier alpha value is -3.02. The normalized spacial score (nSPS) is 19.7. The second-order valence-corrected chi connectivity index (χ2v) is 6.57. The Balaban J connectivity index is 1.57. The highest BCUT2D eigenvalue weighted by molar-refractivity contribution is 6.09. The largest absolute Gasteiger partial charge is 0.350 e. The van der Waals surface area contributed by atoms with E-state index in [1.165, 1.54) is 4.90 Å². The van der Waals surface area contributed by atoms with Crippen LogP contribution in [0, 0.1) is 0 Å². The van der Waals surface area contributed by atoms with E-state index in [0.717, 1.165) is 11.3 Å². The zero-order chi connectivity index (χ0) is 18.6. The molecule has 3 amide bonds. The molecular formula is C20H21N3O3. The van der Waals surface area contributed by atoms with Crippen LogP contribution < -0.4 is 5.32 Å². The molecule has 6 nitrogen and oxygen atoms in total. The summed E-state index contributed by atoms with van der Waals surface area (Å²) in [4.78, 5) is 42.5. The Bertz CT molecular complexity index is 808. The van der Waals surface area contributed by atoms with Crippen LogP contribution in [-0.4, -0.2) is 34.2 Å². The maximum absolute atomic E-state index is 12.8. The Labute approximate surface area is 152 Å². The summed E-state index contributed by atoms with van der Waals surface area (Å²) >= 11 is 0. The van der Waals surface area contributed by atoms with E-state index in [0.29, 0.717) is 6.54 Å². The van der Waals surface area contributed by atoms with Crippen LogP contribution in [-0.2, 0) is 26.3 Å². The molecule has 1 aromatic heterocycles. The van der Waals surface area contributed by atoms with E-state index in [4.69, 9.17) is 0 Å². The second-order valence-electron chi connectivity index (χ2n) is 6.57. The van der Waals surface area contributed by atoms with Crippen molar-refractivity contribution in [2.24, 2.45) is 0 Å². The van der Waals surface area contributed by atoms with Gasteiger partial charge in [0.25, 0.3) is 0 Å². The standard InChI is InChI=1S/C20H21N3O3/c1-20(15-7-3-2-4-8-15)13-18(25)23(19(20)26)12-10-17(24)22-14-16-9-5-6-11-21-16/h2-9,11H,10,12-14H2,1H3,(H,22,24). The van der Waals surface area contributed by atoms with E-state index in [1.54, 1.807) is 19.2 Å². The monoisotopic (exact) mass is 351 g/mol. The third-order valence-corrected chi connectivity index (χ3v) is 4.69. The molecule has 2 aromatic rings. The predicted octanol–water partition coefficient (Wildman–Crippen LogP) is 1.80. The van der Waals surface area contributed by atoms with Gasteiger partial charge in [0, 0.05) is 25.6 Å². The van der Waals surface area contributed by atoms with Crippen molar-refractivity contribution in [2.75, 3.05) is 6.54 Å². The average Bonchev–Trinajstić information content (AvgIpc) is 2.89. The number of aromatic nitrogens is 1. The molecule has 1 saturated heterocycles. The minimum absolute atomic E-state index is 0.0786. The van der Waals surface area contributed by atoms with Crippen LogP contribution in [0.3, 0.4) is 0 Å². The number of nitrogens with zero attached hydrogens (tertiary/aromatic N) is 2. The van der Waals surface area contributed by atoms with Crippen molar-refractivity contribution in [2.45, 2.75) is 31.7 Å². The van der Waals surface area contributed by atoms with Crippen LogP contribution in [0.1, 0.15) is 31.0 Å².